The maximum atomic E-state index is 6.54. The number of hydrogen-bond acceptors (Lipinski definition) is 4. The zero-order valence-electron chi connectivity index (χ0n) is 26.3. The Balaban J connectivity index is 1.31. The van der Waals surface area contributed by atoms with E-state index in [1.807, 2.05) is 30.3 Å². The molecular weight excluding hydrogens is 556 g/mol. The third kappa shape index (κ3) is 4.92. The SMILES string of the molecule is CCc1nn(-c2cccc(Oc3ccc4c5ccccc5n(-c5cc(OC)ccn5)c4c3)c2)c(CC)c1-c1c(C)cccc1C. The quantitative estimate of drug-likeness (QED) is 0.176. The molecule has 6 nitrogen and oxygen atoms in total. The molecule has 3 heterocycles. The van der Waals surface area contributed by atoms with Crippen molar-refractivity contribution in [1.29, 1.82) is 0 Å². The van der Waals surface area contributed by atoms with Gasteiger partial charge in [-0.15, -0.1) is 0 Å². The lowest BCUT2D eigenvalue weighted by Crippen LogP contribution is -2.02. The maximum absolute atomic E-state index is 6.54. The lowest BCUT2D eigenvalue weighted by atomic mass is 9.92. The summed E-state index contributed by atoms with van der Waals surface area (Å²) in [6, 6.07) is 33.1. The summed E-state index contributed by atoms with van der Waals surface area (Å²) in [5.41, 5.74) is 10.5. The van der Waals surface area contributed by atoms with E-state index in [9.17, 15) is 0 Å². The summed E-state index contributed by atoms with van der Waals surface area (Å²) < 4.78 is 16.3. The molecule has 0 spiro atoms. The Labute approximate surface area is 263 Å². The number of para-hydroxylation sites is 1. The van der Waals surface area contributed by atoms with Gasteiger partial charge in [-0.2, -0.15) is 5.10 Å². The first-order chi connectivity index (χ1) is 22.0. The Kier molecular flexibility index (Phi) is 7.34. The van der Waals surface area contributed by atoms with E-state index in [4.69, 9.17) is 14.6 Å². The minimum Gasteiger partial charge on any atom is -0.497 e. The highest BCUT2D eigenvalue weighted by atomic mass is 16.5. The fraction of sp³-hybridized carbons (Fsp3) is 0.179. The Morgan fingerprint density at radius 3 is 2.20 bits per heavy atom. The first kappa shape index (κ1) is 28.4. The van der Waals surface area contributed by atoms with Gasteiger partial charge in [0.25, 0.3) is 0 Å². The highest BCUT2D eigenvalue weighted by Gasteiger charge is 2.21. The molecule has 7 rings (SSSR count). The van der Waals surface area contributed by atoms with Gasteiger partial charge < -0.3 is 9.47 Å². The molecule has 0 fully saturated rings. The second-order valence-electron chi connectivity index (χ2n) is 11.3. The second-order valence-corrected chi connectivity index (χ2v) is 11.3. The summed E-state index contributed by atoms with van der Waals surface area (Å²) in [4.78, 5) is 4.69. The van der Waals surface area contributed by atoms with Crippen LogP contribution in [0.4, 0.5) is 0 Å². The van der Waals surface area contributed by atoms with Crippen LogP contribution in [0, 0.1) is 13.8 Å². The van der Waals surface area contributed by atoms with E-state index in [1.54, 1.807) is 13.3 Å². The first-order valence-corrected chi connectivity index (χ1v) is 15.5. The Bertz CT molecular complexity index is 2170. The van der Waals surface area contributed by atoms with E-state index in [-0.39, 0.29) is 0 Å². The number of methoxy groups -OCH3 is 1. The molecule has 0 saturated heterocycles. The predicted molar refractivity (Wildman–Crippen MR) is 182 cm³/mol. The van der Waals surface area contributed by atoms with Crippen LogP contribution in [-0.2, 0) is 12.8 Å². The molecule has 0 unspecified atom stereocenters. The van der Waals surface area contributed by atoms with Gasteiger partial charge in [0.05, 0.1) is 35.2 Å². The van der Waals surface area contributed by atoms with Crippen LogP contribution in [0.25, 0.3) is 44.4 Å². The summed E-state index contributed by atoms with van der Waals surface area (Å²) in [6.07, 6.45) is 3.49. The van der Waals surface area contributed by atoms with Crippen LogP contribution in [0.3, 0.4) is 0 Å². The molecule has 0 aliphatic rings. The molecular formula is C39H36N4O2. The highest BCUT2D eigenvalue weighted by molar-refractivity contribution is 6.09. The van der Waals surface area contributed by atoms with E-state index in [1.165, 1.54) is 27.9 Å². The molecule has 0 saturated carbocycles. The minimum absolute atomic E-state index is 0.744. The average Bonchev–Trinajstić information content (AvgIpc) is 3.60. The van der Waals surface area contributed by atoms with Gasteiger partial charge in [-0.25, -0.2) is 9.67 Å². The fourth-order valence-electron chi connectivity index (χ4n) is 6.51. The first-order valence-electron chi connectivity index (χ1n) is 15.5. The summed E-state index contributed by atoms with van der Waals surface area (Å²) in [6.45, 7) is 8.76. The van der Waals surface area contributed by atoms with Crippen molar-refractivity contribution in [2.75, 3.05) is 7.11 Å². The van der Waals surface area contributed by atoms with Gasteiger partial charge in [0, 0.05) is 40.7 Å². The van der Waals surface area contributed by atoms with Crippen LogP contribution >= 0.6 is 0 Å². The van der Waals surface area contributed by atoms with Gasteiger partial charge in [-0.3, -0.25) is 4.57 Å². The van der Waals surface area contributed by atoms with Crippen LogP contribution < -0.4 is 9.47 Å². The summed E-state index contributed by atoms with van der Waals surface area (Å²) in [7, 11) is 1.67. The van der Waals surface area contributed by atoms with Crippen molar-refractivity contribution < 1.29 is 9.47 Å². The normalized spacial score (nSPS) is 11.4. The number of aryl methyl sites for hydroxylation is 3. The van der Waals surface area contributed by atoms with Crippen LogP contribution in [0.15, 0.2) is 103 Å². The zero-order chi connectivity index (χ0) is 31.1. The van der Waals surface area contributed by atoms with E-state index in [0.717, 1.165) is 69.1 Å². The molecule has 3 aromatic heterocycles. The number of pyridine rings is 1. The Hall–Kier alpha value is -5.36. The number of hydrogen-bond donors (Lipinski definition) is 0. The molecule has 0 N–H and O–H groups in total. The van der Waals surface area contributed by atoms with Crippen molar-refractivity contribution in [2.45, 2.75) is 40.5 Å². The number of rotatable bonds is 8. The number of nitrogens with zero attached hydrogens (tertiary/aromatic N) is 4. The molecule has 0 bridgehead atoms. The molecule has 0 aliphatic heterocycles. The van der Waals surface area contributed by atoms with Gasteiger partial charge in [0.2, 0.25) is 0 Å². The second kappa shape index (κ2) is 11.6. The maximum Gasteiger partial charge on any atom is 0.141 e. The Morgan fingerprint density at radius 2 is 1.42 bits per heavy atom. The molecule has 0 atom stereocenters. The van der Waals surface area contributed by atoms with Crippen molar-refractivity contribution in [1.82, 2.24) is 19.3 Å². The summed E-state index contributed by atoms with van der Waals surface area (Å²) in [5.74, 6) is 3.04. The van der Waals surface area contributed by atoms with Gasteiger partial charge >= 0.3 is 0 Å². The summed E-state index contributed by atoms with van der Waals surface area (Å²) >= 11 is 0. The van der Waals surface area contributed by atoms with Crippen LogP contribution in [0.1, 0.15) is 36.4 Å². The number of aromatic nitrogens is 4. The smallest absolute Gasteiger partial charge is 0.141 e. The van der Waals surface area contributed by atoms with Crippen LogP contribution in [0.2, 0.25) is 0 Å². The molecule has 6 heteroatoms. The number of ether oxygens (including phenoxy) is 2. The van der Waals surface area contributed by atoms with Crippen molar-refractivity contribution in [3.63, 3.8) is 0 Å². The number of fused-ring (bicyclic) bond motifs is 3. The largest absolute Gasteiger partial charge is 0.497 e. The van der Waals surface area contributed by atoms with Crippen LogP contribution in [0.5, 0.6) is 17.2 Å². The predicted octanol–water partition coefficient (Wildman–Crippen LogP) is 9.57. The van der Waals surface area contributed by atoms with Crippen molar-refractivity contribution in [2.24, 2.45) is 0 Å². The van der Waals surface area contributed by atoms with Crippen molar-refractivity contribution >= 4 is 21.8 Å². The lowest BCUT2D eigenvalue weighted by Gasteiger charge is -2.14. The fourth-order valence-corrected chi connectivity index (χ4v) is 6.51. The molecule has 0 aliphatic carbocycles. The molecule has 0 amide bonds. The molecule has 4 aromatic carbocycles. The van der Waals surface area contributed by atoms with Gasteiger partial charge in [0.1, 0.15) is 23.1 Å². The number of benzene rings is 4. The average molecular weight is 593 g/mol. The third-order valence-corrected chi connectivity index (χ3v) is 8.58. The monoisotopic (exact) mass is 592 g/mol. The third-order valence-electron chi connectivity index (χ3n) is 8.58. The van der Waals surface area contributed by atoms with E-state index in [2.05, 4.69) is 109 Å². The molecule has 7 aromatic rings. The van der Waals surface area contributed by atoms with Gasteiger partial charge in [-0.05, 0) is 79.8 Å². The van der Waals surface area contributed by atoms with Crippen LogP contribution in [-0.4, -0.2) is 26.4 Å². The molecule has 0 radical (unpaired) electrons. The summed E-state index contributed by atoms with van der Waals surface area (Å²) in [5, 5.41) is 7.43. The molecule has 224 valence electrons. The van der Waals surface area contributed by atoms with E-state index >= 15 is 0 Å². The van der Waals surface area contributed by atoms with Crippen molar-refractivity contribution in [3.05, 3.63) is 126 Å². The van der Waals surface area contributed by atoms with Crippen molar-refractivity contribution in [3.8, 4) is 39.9 Å². The minimum atomic E-state index is 0.744. The highest BCUT2D eigenvalue weighted by Crippen LogP contribution is 2.37. The van der Waals surface area contributed by atoms with E-state index < -0.39 is 0 Å². The van der Waals surface area contributed by atoms with Gasteiger partial charge in [0.15, 0.2) is 0 Å². The zero-order valence-corrected chi connectivity index (χ0v) is 26.3. The Morgan fingerprint density at radius 1 is 0.667 bits per heavy atom. The van der Waals surface area contributed by atoms with E-state index in [0.29, 0.717) is 0 Å². The lowest BCUT2D eigenvalue weighted by molar-refractivity contribution is 0.414. The van der Waals surface area contributed by atoms with Gasteiger partial charge in [-0.1, -0.05) is 56.3 Å². The topological polar surface area (TPSA) is 54.1 Å². The molecule has 45 heavy (non-hydrogen) atoms. The standard InChI is InChI=1S/C39H36N4O2/c1-6-33-39(38-25(3)12-10-13-26(38)4)34(7-2)43(41-33)27-14-11-15-29(22-27)45-30-18-19-32-31-16-8-9-17-35(31)42(36(32)23-30)37-24-28(44-5)20-21-40-37/h8-24H,6-7H2,1-5H3.